The number of halogens is 4. The van der Waals surface area contributed by atoms with Gasteiger partial charge >= 0.3 is 12.2 Å². The van der Waals surface area contributed by atoms with Gasteiger partial charge in [-0.2, -0.15) is 13.2 Å². The number of nitrogens with one attached hydrogen (secondary N) is 2. The van der Waals surface area contributed by atoms with Crippen molar-refractivity contribution in [1.29, 1.82) is 0 Å². The van der Waals surface area contributed by atoms with Crippen molar-refractivity contribution in [3.8, 4) is 17.2 Å². The summed E-state index contributed by atoms with van der Waals surface area (Å²) < 4.78 is 49.9. The van der Waals surface area contributed by atoms with Crippen molar-refractivity contribution in [1.82, 2.24) is 4.98 Å². The smallest absolute Gasteiger partial charge is 0.417 e. The molecule has 0 unspecified atom stereocenters. The van der Waals surface area contributed by atoms with Crippen molar-refractivity contribution in [2.24, 2.45) is 0 Å². The van der Waals surface area contributed by atoms with E-state index in [1.807, 2.05) is 0 Å². The lowest BCUT2D eigenvalue weighted by Gasteiger charge is -2.15. The van der Waals surface area contributed by atoms with Crippen LogP contribution in [-0.4, -0.2) is 18.1 Å². The number of pyridine rings is 1. The van der Waals surface area contributed by atoms with Crippen molar-refractivity contribution in [3.05, 3.63) is 59.2 Å². The third-order valence-corrected chi connectivity index (χ3v) is 4.49. The highest BCUT2D eigenvalue weighted by Crippen LogP contribution is 2.37. The normalized spacial score (nSPS) is 11.0. The number of carbonyl (C=O) groups is 1. The van der Waals surface area contributed by atoms with Gasteiger partial charge in [0.2, 0.25) is 0 Å². The molecule has 0 atom stereocenters. The quantitative estimate of drug-likeness (QED) is 0.400. The Balaban J connectivity index is 1.75. The topological polar surface area (TPSA) is 125 Å². The van der Waals surface area contributed by atoms with Crippen LogP contribution in [0.25, 0.3) is 0 Å². The van der Waals surface area contributed by atoms with E-state index in [0.29, 0.717) is 5.75 Å². The largest absolute Gasteiger partial charge is 0.494 e. The third kappa shape index (κ3) is 5.24. The van der Waals surface area contributed by atoms with Crippen molar-refractivity contribution in [3.63, 3.8) is 0 Å². The molecule has 6 N–H and O–H groups in total. The number of methoxy groups -OCH3 is 1. The lowest BCUT2D eigenvalue weighted by molar-refractivity contribution is -0.137. The number of benzene rings is 2. The number of hydrogen-bond acceptors (Lipinski definition) is 6. The van der Waals surface area contributed by atoms with Gasteiger partial charge in [0.1, 0.15) is 23.0 Å². The van der Waals surface area contributed by atoms with Crippen LogP contribution in [0.15, 0.2) is 48.7 Å². The molecule has 0 fully saturated rings. The van der Waals surface area contributed by atoms with Crippen LogP contribution >= 0.6 is 11.6 Å². The molecule has 3 rings (SSSR count). The number of anilines is 4. The number of nitrogens with zero attached hydrogens (tertiary/aromatic N) is 1. The van der Waals surface area contributed by atoms with E-state index in [2.05, 4.69) is 15.6 Å². The zero-order valence-corrected chi connectivity index (χ0v) is 17.2. The van der Waals surface area contributed by atoms with Crippen LogP contribution in [0.1, 0.15) is 5.56 Å². The minimum absolute atomic E-state index is 0.0936. The molecule has 168 valence electrons. The molecule has 0 aliphatic heterocycles. The highest BCUT2D eigenvalue weighted by molar-refractivity contribution is 6.31. The molecule has 0 radical (unpaired) electrons. The minimum Gasteiger partial charge on any atom is -0.494 e. The van der Waals surface area contributed by atoms with Gasteiger partial charge in [-0.1, -0.05) is 11.6 Å². The molecule has 32 heavy (non-hydrogen) atoms. The number of alkyl halides is 3. The Labute approximate surface area is 185 Å². The fourth-order valence-corrected chi connectivity index (χ4v) is 2.85. The molecule has 0 aliphatic rings. The molecule has 0 saturated heterocycles. The van der Waals surface area contributed by atoms with E-state index in [9.17, 15) is 18.0 Å². The van der Waals surface area contributed by atoms with Crippen LogP contribution in [-0.2, 0) is 6.18 Å². The van der Waals surface area contributed by atoms with Gasteiger partial charge in [-0.3, -0.25) is 0 Å². The van der Waals surface area contributed by atoms with E-state index >= 15 is 0 Å². The zero-order chi connectivity index (χ0) is 23.5. The molecular formula is C20H17ClF3N5O3. The summed E-state index contributed by atoms with van der Waals surface area (Å²) in [7, 11) is 1.37. The number of aromatic nitrogens is 1. The van der Waals surface area contributed by atoms with Crippen molar-refractivity contribution >= 4 is 40.5 Å². The second-order valence-corrected chi connectivity index (χ2v) is 6.75. The third-order valence-electron chi connectivity index (χ3n) is 4.16. The summed E-state index contributed by atoms with van der Waals surface area (Å²) in [6.07, 6.45) is -3.23. The first-order chi connectivity index (χ1) is 15.1. The lowest BCUT2D eigenvalue weighted by atomic mass is 10.2. The minimum atomic E-state index is -4.66. The average molecular weight is 468 g/mol. The van der Waals surface area contributed by atoms with Gasteiger partial charge in [-0.15, -0.1) is 0 Å². The zero-order valence-electron chi connectivity index (χ0n) is 16.5. The molecule has 12 heteroatoms. The number of hydrogen-bond donors (Lipinski definition) is 4. The Hall–Kier alpha value is -3.86. The lowest BCUT2D eigenvalue weighted by Crippen LogP contribution is -2.20. The number of nitrogen functional groups attached to an aromatic ring is 2. The molecule has 3 aromatic rings. The summed E-state index contributed by atoms with van der Waals surface area (Å²) in [6, 6.07) is 8.25. The summed E-state index contributed by atoms with van der Waals surface area (Å²) in [4.78, 5) is 16.1. The van der Waals surface area contributed by atoms with Crippen LogP contribution in [0.2, 0.25) is 5.02 Å². The first kappa shape index (κ1) is 22.8. The Kier molecular flexibility index (Phi) is 6.49. The Morgan fingerprint density at radius 1 is 1.06 bits per heavy atom. The number of nitrogens with two attached hydrogens (primary N) is 2. The molecule has 0 saturated carbocycles. The Morgan fingerprint density at radius 3 is 2.50 bits per heavy atom. The van der Waals surface area contributed by atoms with E-state index < -0.39 is 22.8 Å². The van der Waals surface area contributed by atoms with Gasteiger partial charge in [0, 0.05) is 24.0 Å². The van der Waals surface area contributed by atoms with Gasteiger partial charge < -0.3 is 31.6 Å². The van der Waals surface area contributed by atoms with Crippen molar-refractivity contribution in [2.75, 3.05) is 29.2 Å². The van der Waals surface area contributed by atoms with Crippen LogP contribution in [0.3, 0.4) is 0 Å². The number of urea groups is 1. The summed E-state index contributed by atoms with van der Waals surface area (Å²) in [5.41, 5.74) is 10.7. The van der Waals surface area contributed by atoms with Gasteiger partial charge in [-0.05, 0) is 30.3 Å². The Bertz CT molecular complexity index is 1160. The summed E-state index contributed by atoms with van der Waals surface area (Å²) in [5, 5.41) is 4.34. The first-order valence-electron chi connectivity index (χ1n) is 8.89. The summed E-state index contributed by atoms with van der Waals surface area (Å²) >= 11 is 5.58. The Morgan fingerprint density at radius 2 is 1.81 bits per heavy atom. The molecule has 1 heterocycles. The molecule has 1 aromatic heterocycles. The second-order valence-electron chi connectivity index (χ2n) is 6.34. The molecule has 0 aliphatic carbocycles. The van der Waals surface area contributed by atoms with Crippen molar-refractivity contribution < 1.29 is 27.4 Å². The monoisotopic (exact) mass is 467 g/mol. The second kappa shape index (κ2) is 9.10. The first-order valence-corrected chi connectivity index (χ1v) is 9.27. The summed E-state index contributed by atoms with van der Waals surface area (Å²) in [5.74, 6) is 0.949. The van der Waals surface area contributed by atoms with E-state index in [1.165, 1.54) is 43.6 Å². The number of carbonyl (C=O) groups excluding carboxylic acids is 1. The van der Waals surface area contributed by atoms with E-state index in [4.69, 9.17) is 32.5 Å². The molecule has 0 bridgehead atoms. The van der Waals surface area contributed by atoms with E-state index in [-0.39, 0.29) is 34.4 Å². The molecule has 2 amide bonds. The van der Waals surface area contributed by atoms with Gasteiger partial charge in [0.15, 0.2) is 5.75 Å². The maximum atomic E-state index is 13.0. The van der Waals surface area contributed by atoms with Crippen LogP contribution < -0.4 is 31.6 Å². The fraction of sp³-hybridized carbons (Fsp3) is 0.100. The molecule has 0 spiro atoms. The molecule has 8 nitrogen and oxygen atoms in total. The number of amides is 2. The van der Waals surface area contributed by atoms with Gasteiger partial charge in [-0.25, -0.2) is 9.78 Å². The van der Waals surface area contributed by atoms with Crippen LogP contribution in [0, 0.1) is 0 Å². The number of ether oxygens (including phenoxy) is 2. The van der Waals surface area contributed by atoms with E-state index in [0.717, 1.165) is 12.1 Å². The highest BCUT2D eigenvalue weighted by Gasteiger charge is 2.33. The maximum Gasteiger partial charge on any atom is 0.417 e. The van der Waals surface area contributed by atoms with Crippen molar-refractivity contribution in [2.45, 2.75) is 6.18 Å². The average Bonchev–Trinajstić information content (AvgIpc) is 2.73. The molecule has 2 aromatic carbocycles. The SMILES string of the molecule is COc1cc(Oc2ccnc(N)c2N)ccc1NC(=O)Nc1ccc(Cl)c(C(F)(F)F)c1. The highest BCUT2D eigenvalue weighted by atomic mass is 35.5. The van der Waals surface area contributed by atoms with Gasteiger partial charge in [0.25, 0.3) is 0 Å². The maximum absolute atomic E-state index is 13.0. The molecular weight excluding hydrogens is 451 g/mol. The standard InChI is InChI=1S/C20H17ClF3N5O3/c1-31-16-9-11(32-15-6-7-27-18(26)17(15)25)3-5-14(16)29-19(30)28-10-2-4-13(21)12(8-10)20(22,23)24/h2-9H,25H2,1H3,(H2,26,27)(H2,28,29,30). The van der Waals surface area contributed by atoms with Crippen LogP contribution in [0.4, 0.5) is 40.8 Å². The predicted molar refractivity (Wildman–Crippen MR) is 115 cm³/mol. The predicted octanol–water partition coefficient (Wildman–Crippen LogP) is 5.36. The van der Waals surface area contributed by atoms with Crippen LogP contribution in [0.5, 0.6) is 17.2 Å². The number of rotatable bonds is 5. The fourth-order valence-electron chi connectivity index (χ4n) is 2.63. The summed E-state index contributed by atoms with van der Waals surface area (Å²) in [6.45, 7) is 0. The van der Waals surface area contributed by atoms with Gasteiger partial charge in [0.05, 0.1) is 23.4 Å². The van der Waals surface area contributed by atoms with E-state index in [1.54, 1.807) is 0 Å².